The minimum Gasteiger partial charge on any atom is -0.481 e. The lowest BCUT2D eigenvalue weighted by Crippen LogP contribution is -2.35. The Morgan fingerprint density at radius 3 is 2.73 bits per heavy atom. The molecule has 0 saturated heterocycles. The number of methoxy groups -OCH3 is 2. The Hall–Kier alpha value is -2.42. The second-order valence-electron chi connectivity index (χ2n) is 5.66. The molecule has 3 rings (SSSR count). The number of fused-ring (bicyclic) bond motifs is 3. The van der Waals surface area contributed by atoms with Crippen molar-refractivity contribution in [1.82, 2.24) is 9.97 Å². The zero-order valence-corrected chi connectivity index (χ0v) is 12.8. The summed E-state index contributed by atoms with van der Waals surface area (Å²) in [5.41, 5.74) is 1.98. The summed E-state index contributed by atoms with van der Waals surface area (Å²) in [4.78, 5) is 20.9. The molecule has 2 aliphatic rings. The van der Waals surface area contributed by atoms with Gasteiger partial charge in [-0.05, 0) is 18.8 Å². The van der Waals surface area contributed by atoms with Gasteiger partial charge >= 0.3 is 6.01 Å². The number of aromatic nitrogens is 2. The molecule has 0 aliphatic heterocycles. The summed E-state index contributed by atoms with van der Waals surface area (Å²) < 4.78 is 10.5. The summed E-state index contributed by atoms with van der Waals surface area (Å²) >= 11 is 0. The van der Waals surface area contributed by atoms with Crippen molar-refractivity contribution in [2.45, 2.75) is 25.7 Å². The molecule has 22 heavy (non-hydrogen) atoms. The molecular weight excluding hydrogens is 282 g/mol. The summed E-state index contributed by atoms with van der Waals surface area (Å²) in [6, 6.07) is 2.25. The van der Waals surface area contributed by atoms with Gasteiger partial charge in [-0.15, -0.1) is 0 Å². The van der Waals surface area contributed by atoms with Crippen LogP contribution in [0, 0.1) is 23.2 Å². The fraction of sp³-hybridized carbons (Fsp3) is 0.500. The lowest BCUT2D eigenvalue weighted by atomic mass is 9.66. The fourth-order valence-electron chi connectivity index (χ4n) is 3.48. The van der Waals surface area contributed by atoms with Crippen LogP contribution in [0.2, 0.25) is 0 Å². The SMILES string of the molecule is COc1nc(OC)c2c(n1)C1C=C(C#N)C(=O)C(C)C1CC2. The molecule has 0 spiro atoms. The van der Waals surface area contributed by atoms with E-state index in [9.17, 15) is 10.1 Å². The van der Waals surface area contributed by atoms with Gasteiger partial charge in [0.25, 0.3) is 0 Å². The van der Waals surface area contributed by atoms with Crippen molar-refractivity contribution < 1.29 is 14.3 Å². The van der Waals surface area contributed by atoms with Crippen molar-refractivity contribution >= 4 is 5.78 Å². The number of ether oxygens (including phenoxy) is 2. The molecule has 0 aromatic carbocycles. The molecule has 0 radical (unpaired) electrons. The van der Waals surface area contributed by atoms with Crippen molar-refractivity contribution in [2.75, 3.05) is 14.2 Å². The first-order valence-electron chi connectivity index (χ1n) is 7.25. The molecule has 3 unspecified atom stereocenters. The summed E-state index contributed by atoms with van der Waals surface area (Å²) in [5, 5.41) is 9.20. The van der Waals surface area contributed by atoms with Gasteiger partial charge < -0.3 is 9.47 Å². The van der Waals surface area contributed by atoms with Gasteiger partial charge in [0.2, 0.25) is 5.88 Å². The highest BCUT2D eigenvalue weighted by Crippen LogP contribution is 2.46. The Balaban J connectivity index is 2.18. The van der Waals surface area contributed by atoms with Crippen LogP contribution in [-0.4, -0.2) is 30.0 Å². The van der Waals surface area contributed by atoms with Crippen molar-refractivity contribution in [3.8, 4) is 18.0 Å². The minimum atomic E-state index is -0.176. The maximum atomic E-state index is 12.2. The van der Waals surface area contributed by atoms with Crippen LogP contribution in [0.3, 0.4) is 0 Å². The van der Waals surface area contributed by atoms with Gasteiger partial charge in [-0.25, -0.2) is 0 Å². The van der Waals surface area contributed by atoms with E-state index in [1.165, 1.54) is 7.11 Å². The van der Waals surface area contributed by atoms with Crippen LogP contribution in [0.25, 0.3) is 0 Å². The van der Waals surface area contributed by atoms with Crippen molar-refractivity contribution in [3.05, 3.63) is 22.9 Å². The molecule has 1 aromatic heterocycles. The number of carbonyl (C=O) groups is 1. The molecule has 0 saturated carbocycles. The number of Topliss-reactive ketones (excluding diaryl/α,β-unsaturated/α-hetero) is 1. The molecule has 1 heterocycles. The Kier molecular flexibility index (Phi) is 3.57. The van der Waals surface area contributed by atoms with E-state index in [1.807, 2.05) is 13.0 Å². The monoisotopic (exact) mass is 299 g/mol. The van der Waals surface area contributed by atoms with Gasteiger partial charge in [-0.3, -0.25) is 4.79 Å². The number of carbonyl (C=O) groups excluding carboxylic acids is 1. The molecule has 1 aromatic rings. The van der Waals surface area contributed by atoms with Gasteiger partial charge in [0, 0.05) is 17.4 Å². The maximum absolute atomic E-state index is 12.2. The minimum absolute atomic E-state index is 0.0693. The number of ketones is 1. The number of hydrogen-bond acceptors (Lipinski definition) is 6. The van der Waals surface area contributed by atoms with E-state index in [2.05, 4.69) is 9.97 Å². The first kappa shape index (κ1) is 14.5. The van der Waals surface area contributed by atoms with Crippen LogP contribution < -0.4 is 9.47 Å². The van der Waals surface area contributed by atoms with Crippen LogP contribution >= 0.6 is 0 Å². The molecule has 6 heteroatoms. The van der Waals surface area contributed by atoms with Gasteiger partial charge in [0.05, 0.1) is 25.5 Å². The van der Waals surface area contributed by atoms with Crippen LogP contribution in [0.15, 0.2) is 11.6 Å². The normalized spacial score (nSPS) is 26.4. The molecule has 3 atom stereocenters. The second kappa shape index (κ2) is 5.41. The molecule has 114 valence electrons. The lowest BCUT2D eigenvalue weighted by Gasteiger charge is -2.37. The molecular formula is C16H17N3O3. The average Bonchev–Trinajstić information content (AvgIpc) is 2.56. The predicted molar refractivity (Wildman–Crippen MR) is 77.6 cm³/mol. The molecule has 0 N–H and O–H groups in total. The Morgan fingerprint density at radius 1 is 1.32 bits per heavy atom. The largest absolute Gasteiger partial charge is 0.481 e. The highest BCUT2D eigenvalue weighted by molar-refractivity contribution is 6.01. The average molecular weight is 299 g/mol. The summed E-state index contributed by atoms with van der Waals surface area (Å²) in [6.07, 6.45) is 3.36. The van der Waals surface area contributed by atoms with Crippen molar-refractivity contribution in [2.24, 2.45) is 11.8 Å². The lowest BCUT2D eigenvalue weighted by molar-refractivity contribution is -0.120. The molecule has 0 fully saturated rings. The van der Waals surface area contributed by atoms with Crippen molar-refractivity contribution in [1.29, 1.82) is 5.26 Å². The highest BCUT2D eigenvalue weighted by atomic mass is 16.5. The topological polar surface area (TPSA) is 85.1 Å². The predicted octanol–water partition coefficient (Wildman–Crippen LogP) is 1.81. The first-order chi connectivity index (χ1) is 10.6. The maximum Gasteiger partial charge on any atom is 0.319 e. The fourth-order valence-corrected chi connectivity index (χ4v) is 3.48. The Bertz CT molecular complexity index is 705. The van der Waals surface area contributed by atoms with Crippen LogP contribution in [0.5, 0.6) is 11.9 Å². The summed E-state index contributed by atoms with van der Waals surface area (Å²) in [6.45, 7) is 1.89. The zero-order valence-electron chi connectivity index (χ0n) is 12.8. The molecule has 2 aliphatic carbocycles. The van der Waals surface area contributed by atoms with E-state index in [0.717, 1.165) is 24.1 Å². The number of hydrogen-bond donors (Lipinski definition) is 0. The van der Waals surface area contributed by atoms with Crippen LogP contribution in [0.4, 0.5) is 0 Å². The molecule has 0 bridgehead atoms. The van der Waals surface area contributed by atoms with E-state index in [0.29, 0.717) is 5.88 Å². The van der Waals surface area contributed by atoms with Gasteiger partial charge in [-0.1, -0.05) is 13.0 Å². The number of nitrogens with zero attached hydrogens (tertiary/aromatic N) is 3. The van der Waals surface area contributed by atoms with E-state index in [4.69, 9.17) is 9.47 Å². The van der Waals surface area contributed by atoms with Crippen LogP contribution in [-0.2, 0) is 11.2 Å². The van der Waals surface area contributed by atoms with Crippen LogP contribution in [0.1, 0.15) is 30.5 Å². The summed E-state index contributed by atoms with van der Waals surface area (Å²) in [5.74, 6) is 0.347. The van der Waals surface area contributed by atoms with Crippen molar-refractivity contribution in [3.63, 3.8) is 0 Å². The second-order valence-corrected chi connectivity index (χ2v) is 5.66. The third-order valence-electron chi connectivity index (χ3n) is 4.65. The Morgan fingerprint density at radius 2 is 2.09 bits per heavy atom. The van der Waals surface area contributed by atoms with E-state index < -0.39 is 0 Å². The van der Waals surface area contributed by atoms with Gasteiger partial charge in [-0.2, -0.15) is 15.2 Å². The third kappa shape index (κ3) is 2.05. The Labute approximate surface area is 128 Å². The smallest absolute Gasteiger partial charge is 0.319 e. The number of allylic oxidation sites excluding steroid dienone is 2. The quantitative estimate of drug-likeness (QED) is 0.828. The van der Waals surface area contributed by atoms with Gasteiger partial charge in [0.15, 0.2) is 5.78 Å². The molecule has 0 amide bonds. The number of nitriles is 1. The third-order valence-corrected chi connectivity index (χ3v) is 4.65. The molecule has 6 nitrogen and oxygen atoms in total. The first-order valence-corrected chi connectivity index (χ1v) is 7.25. The standard InChI is InChI=1S/C16H17N3O3/c1-8-10-4-5-11-13(12(10)6-9(7-17)14(8)20)18-16(22-3)19-15(11)21-2/h6,8,10,12H,4-5H2,1-3H3. The van der Waals surface area contributed by atoms with E-state index in [1.54, 1.807) is 13.2 Å². The summed E-state index contributed by atoms with van der Waals surface area (Å²) in [7, 11) is 3.07. The highest BCUT2D eigenvalue weighted by Gasteiger charge is 2.42. The zero-order chi connectivity index (χ0) is 15.9. The van der Waals surface area contributed by atoms with E-state index in [-0.39, 0.29) is 35.1 Å². The van der Waals surface area contributed by atoms with Gasteiger partial charge in [0.1, 0.15) is 6.07 Å². The number of rotatable bonds is 2. The van der Waals surface area contributed by atoms with E-state index >= 15 is 0 Å².